The van der Waals surface area contributed by atoms with Crippen LogP contribution in [0.4, 0.5) is 0 Å². The Morgan fingerprint density at radius 3 is 2.69 bits per heavy atom. The summed E-state index contributed by atoms with van der Waals surface area (Å²) in [5.41, 5.74) is 4.00. The van der Waals surface area contributed by atoms with Gasteiger partial charge in [0.15, 0.2) is 0 Å². The maximum Gasteiger partial charge on any atom is 0.246 e. The van der Waals surface area contributed by atoms with Gasteiger partial charge in [0.25, 0.3) is 0 Å². The summed E-state index contributed by atoms with van der Waals surface area (Å²) in [7, 11) is 1.65. The quantitative estimate of drug-likeness (QED) is 0.545. The van der Waals surface area contributed by atoms with Gasteiger partial charge in [0.1, 0.15) is 30.9 Å². The second kappa shape index (κ2) is 9.59. The van der Waals surface area contributed by atoms with Crippen molar-refractivity contribution >= 4 is 22.7 Å². The molecule has 2 atom stereocenters. The van der Waals surface area contributed by atoms with Crippen LogP contribution < -0.4 is 9.64 Å². The number of ether oxygens (including phenoxy) is 2. The average Bonchev–Trinajstić information content (AvgIpc) is 3.29. The third-order valence-electron chi connectivity index (χ3n) is 7.93. The molecule has 8 heteroatoms. The second-order valence-electron chi connectivity index (χ2n) is 9.95. The van der Waals surface area contributed by atoms with Crippen LogP contribution in [0.5, 0.6) is 5.75 Å². The standard InChI is InChI=1S/C28H32N4O4/c1-35-24-10-5-3-8-20(24)27-26-21(19-7-2-4-9-22(19)29-26)17-23-28(34)31(18-25(33)32(23)27)12-6-11-30-13-15-36-16-14-30/h2-5,7-10,23,27,29H,6,11-18H2,1H3/p+1/t23-,27+/m0/s1. The SMILES string of the molecule is COc1ccccc1[C@@H]1c2[nH]c3ccccc3c2C[C@H]2C(=O)N(CCC[NH+]3CCOCC3)CC(=O)N12. The molecule has 2 amide bonds. The molecular weight excluding hydrogens is 456 g/mol. The zero-order chi connectivity index (χ0) is 24.6. The predicted octanol–water partition coefficient (Wildman–Crippen LogP) is 1.17. The number of fused-ring (bicyclic) bond motifs is 4. The lowest BCUT2D eigenvalue weighted by molar-refractivity contribution is -0.908. The van der Waals surface area contributed by atoms with Crippen LogP contribution in [0.2, 0.25) is 0 Å². The van der Waals surface area contributed by atoms with Gasteiger partial charge < -0.3 is 29.2 Å². The van der Waals surface area contributed by atoms with E-state index in [1.807, 2.05) is 41.3 Å². The number of nitrogens with one attached hydrogen (secondary N) is 2. The summed E-state index contributed by atoms with van der Waals surface area (Å²) >= 11 is 0. The molecule has 0 aliphatic carbocycles. The largest absolute Gasteiger partial charge is 0.496 e. The van der Waals surface area contributed by atoms with Crippen LogP contribution in [0.3, 0.4) is 0 Å². The highest BCUT2D eigenvalue weighted by atomic mass is 16.5. The van der Waals surface area contributed by atoms with Crippen molar-refractivity contribution in [2.75, 3.05) is 53.0 Å². The van der Waals surface area contributed by atoms with E-state index >= 15 is 0 Å². The third-order valence-corrected chi connectivity index (χ3v) is 7.93. The van der Waals surface area contributed by atoms with E-state index in [0.717, 1.165) is 67.0 Å². The molecule has 0 saturated carbocycles. The van der Waals surface area contributed by atoms with E-state index in [1.54, 1.807) is 12.0 Å². The highest BCUT2D eigenvalue weighted by molar-refractivity contribution is 5.97. The van der Waals surface area contributed by atoms with Crippen LogP contribution in [0.25, 0.3) is 10.9 Å². The van der Waals surface area contributed by atoms with Gasteiger partial charge in [-0.25, -0.2) is 0 Å². The van der Waals surface area contributed by atoms with E-state index in [0.29, 0.717) is 18.7 Å². The Hall–Kier alpha value is -3.36. The van der Waals surface area contributed by atoms with E-state index < -0.39 is 12.1 Å². The van der Waals surface area contributed by atoms with Crippen molar-refractivity contribution in [3.05, 3.63) is 65.4 Å². The maximum absolute atomic E-state index is 13.9. The number of nitrogens with zero attached hydrogens (tertiary/aromatic N) is 2. The fraction of sp³-hybridized carbons (Fsp3) is 0.429. The zero-order valence-electron chi connectivity index (χ0n) is 20.7. The molecule has 4 heterocycles. The Morgan fingerprint density at radius 1 is 1.08 bits per heavy atom. The van der Waals surface area contributed by atoms with Gasteiger partial charge >= 0.3 is 0 Å². The van der Waals surface area contributed by atoms with Crippen molar-refractivity contribution in [2.24, 2.45) is 0 Å². The number of para-hydroxylation sites is 2. The number of carbonyl (C=O) groups is 2. The Labute approximate surface area is 210 Å². The van der Waals surface area contributed by atoms with Gasteiger partial charge in [-0.3, -0.25) is 9.59 Å². The minimum Gasteiger partial charge on any atom is -0.496 e. The van der Waals surface area contributed by atoms with Crippen LogP contribution in [-0.2, 0) is 20.7 Å². The summed E-state index contributed by atoms with van der Waals surface area (Å²) in [6.45, 7) is 5.33. The van der Waals surface area contributed by atoms with Gasteiger partial charge in [-0.05, 0) is 17.7 Å². The molecule has 1 aromatic heterocycles. The lowest BCUT2D eigenvalue weighted by Gasteiger charge is -2.47. The number of quaternary nitrogens is 1. The van der Waals surface area contributed by atoms with Crippen LogP contribution in [0, 0.1) is 0 Å². The Bertz CT molecular complexity index is 1280. The first-order chi connectivity index (χ1) is 17.7. The van der Waals surface area contributed by atoms with Gasteiger partial charge in [-0.1, -0.05) is 36.4 Å². The number of aromatic nitrogens is 1. The van der Waals surface area contributed by atoms with Gasteiger partial charge in [0, 0.05) is 41.5 Å². The lowest BCUT2D eigenvalue weighted by Crippen LogP contribution is -3.14. The molecule has 2 N–H and O–H groups in total. The summed E-state index contributed by atoms with van der Waals surface area (Å²) in [4.78, 5) is 36.2. The molecule has 0 unspecified atom stereocenters. The van der Waals surface area contributed by atoms with Gasteiger partial charge in [-0.15, -0.1) is 0 Å². The van der Waals surface area contributed by atoms with Crippen molar-refractivity contribution in [3.8, 4) is 5.75 Å². The van der Waals surface area contributed by atoms with Crippen LogP contribution in [0.15, 0.2) is 48.5 Å². The number of benzene rings is 2. The first kappa shape index (κ1) is 23.1. The van der Waals surface area contributed by atoms with E-state index in [2.05, 4.69) is 17.1 Å². The first-order valence-electron chi connectivity index (χ1n) is 12.9. The molecule has 2 saturated heterocycles. The number of piperazine rings is 1. The summed E-state index contributed by atoms with van der Waals surface area (Å²) in [5, 5.41) is 1.11. The number of methoxy groups -OCH3 is 1. The molecule has 3 aliphatic heterocycles. The molecule has 2 fully saturated rings. The second-order valence-corrected chi connectivity index (χ2v) is 9.95. The Balaban J connectivity index is 1.34. The molecule has 36 heavy (non-hydrogen) atoms. The molecule has 8 nitrogen and oxygen atoms in total. The minimum atomic E-state index is -0.524. The number of amides is 2. The monoisotopic (exact) mass is 489 g/mol. The molecule has 2 aromatic carbocycles. The van der Waals surface area contributed by atoms with Crippen molar-refractivity contribution in [1.29, 1.82) is 0 Å². The van der Waals surface area contributed by atoms with Crippen molar-refractivity contribution < 1.29 is 24.0 Å². The highest BCUT2D eigenvalue weighted by Gasteiger charge is 2.48. The molecule has 6 rings (SSSR count). The maximum atomic E-state index is 13.9. The lowest BCUT2D eigenvalue weighted by atomic mass is 9.86. The fourth-order valence-electron chi connectivity index (χ4n) is 6.16. The number of H-pyrrole nitrogens is 1. The number of hydrogen-bond donors (Lipinski definition) is 2. The fourth-order valence-corrected chi connectivity index (χ4v) is 6.16. The van der Waals surface area contributed by atoms with Crippen LogP contribution >= 0.6 is 0 Å². The molecule has 3 aliphatic rings. The zero-order valence-corrected chi connectivity index (χ0v) is 20.7. The summed E-state index contributed by atoms with van der Waals surface area (Å²) < 4.78 is 11.2. The number of rotatable bonds is 6. The Kier molecular flexibility index (Phi) is 6.15. The van der Waals surface area contributed by atoms with Gasteiger partial charge in [0.05, 0.1) is 33.4 Å². The smallest absolute Gasteiger partial charge is 0.246 e. The van der Waals surface area contributed by atoms with Crippen molar-refractivity contribution in [3.63, 3.8) is 0 Å². The third kappa shape index (κ3) is 3.94. The van der Waals surface area contributed by atoms with E-state index in [4.69, 9.17) is 9.47 Å². The average molecular weight is 490 g/mol. The summed E-state index contributed by atoms with van der Waals surface area (Å²) in [6, 6.07) is 15.0. The van der Waals surface area contributed by atoms with E-state index in [1.165, 1.54) is 4.90 Å². The number of hydrogen-bond acceptors (Lipinski definition) is 4. The molecule has 188 valence electrons. The first-order valence-corrected chi connectivity index (χ1v) is 12.9. The van der Waals surface area contributed by atoms with E-state index in [9.17, 15) is 9.59 Å². The summed E-state index contributed by atoms with van der Waals surface area (Å²) in [5.74, 6) is 0.741. The van der Waals surface area contributed by atoms with Crippen molar-refractivity contribution in [1.82, 2.24) is 14.8 Å². The van der Waals surface area contributed by atoms with Gasteiger partial charge in [0.2, 0.25) is 11.8 Å². The van der Waals surface area contributed by atoms with E-state index in [-0.39, 0.29) is 18.4 Å². The number of aromatic amines is 1. The van der Waals surface area contributed by atoms with Crippen molar-refractivity contribution in [2.45, 2.75) is 24.9 Å². The van der Waals surface area contributed by atoms with Crippen LogP contribution in [-0.4, -0.2) is 85.7 Å². The summed E-state index contributed by atoms with van der Waals surface area (Å²) in [6.07, 6.45) is 1.40. The number of carbonyl (C=O) groups excluding carboxylic acids is 2. The minimum absolute atomic E-state index is 0.0152. The number of morpholine rings is 1. The topological polar surface area (TPSA) is 79.3 Å². The predicted molar refractivity (Wildman–Crippen MR) is 135 cm³/mol. The normalized spacial score (nSPS) is 22.6. The molecule has 0 bridgehead atoms. The highest BCUT2D eigenvalue weighted by Crippen LogP contribution is 2.44. The molecule has 0 radical (unpaired) electrons. The molecule has 0 spiro atoms. The van der Waals surface area contributed by atoms with Gasteiger partial charge in [-0.2, -0.15) is 0 Å². The van der Waals surface area contributed by atoms with Crippen LogP contribution in [0.1, 0.15) is 29.3 Å². The Morgan fingerprint density at radius 2 is 1.86 bits per heavy atom. The molecular formula is C28H33N4O4+. The molecule has 3 aromatic rings.